The van der Waals surface area contributed by atoms with Crippen LogP contribution in [0.1, 0.15) is 46.0 Å². The molecular weight excluding hydrogens is 192 g/mol. The van der Waals surface area contributed by atoms with Crippen molar-refractivity contribution in [2.45, 2.75) is 52.1 Å². The summed E-state index contributed by atoms with van der Waals surface area (Å²) < 4.78 is 5.04. The Balaban J connectivity index is 3.13. The summed E-state index contributed by atoms with van der Waals surface area (Å²) in [5, 5.41) is 17.9. The minimum absolute atomic E-state index is 0.0289. The van der Waals surface area contributed by atoms with Crippen LogP contribution < -0.4 is 0 Å². The molecule has 0 aliphatic carbocycles. The maximum Gasteiger partial charge on any atom is 0.0773 e. The second-order valence-corrected chi connectivity index (χ2v) is 4.48. The Morgan fingerprint density at radius 2 is 1.73 bits per heavy atom. The van der Waals surface area contributed by atoms with Crippen LogP contribution in [0, 0.1) is 5.92 Å². The van der Waals surface area contributed by atoms with Crippen molar-refractivity contribution in [3.8, 4) is 0 Å². The predicted molar refractivity (Wildman–Crippen MR) is 61.8 cm³/mol. The van der Waals surface area contributed by atoms with Crippen LogP contribution in [0.25, 0.3) is 0 Å². The third-order valence-corrected chi connectivity index (χ3v) is 2.36. The third-order valence-electron chi connectivity index (χ3n) is 2.36. The summed E-state index contributed by atoms with van der Waals surface area (Å²) in [6.07, 6.45) is 5.23. The lowest BCUT2D eigenvalue weighted by Gasteiger charge is -2.10. The van der Waals surface area contributed by atoms with Gasteiger partial charge in [0.05, 0.1) is 25.9 Å². The molecule has 0 aliphatic heterocycles. The summed E-state index contributed by atoms with van der Waals surface area (Å²) in [5.41, 5.74) is 0. The van der Waals surface area contributed by atoms with Gasteiger partial charge in [0.2, 0.25) is 0 Å². The Morgan fingerprint density at radius 3 is 2.33 bits per heavy atom. The van der Waals surface area contributed by atoms with Crippen LogP contribution >= 0.6 is 0 Å². The van der Waals surface area contributed by atoms with E-state index < -0.39 is 0 Å². The largest absolute Gasteiger partial charge is 0.394 e. The average Bonchev–Trinajstić information content (AvgIpc) is 2.17. The highest BCUT2D eigenvalue weighted by Crippen LogP contribution is 2.10. The van der Waals surface area contributed by atoms with E-state index in [0.29, 0.717) is 13.2 Å². The van der Waals surface area contributed by atoms with Gasteiger partial charge in [-0.15, -0.1) is 0 Å². The molecule has 0 saturated heterocycles. The van der Waals surface area contributed by atoms with Crippen LogP contribution in [0.15, 0.2) is 0 Å². The summed E-state index contributed by atoms with van der Waals surface area (Å²) >= 11 is 0. The number of hydrogen-bond acceptors (Lipinski definition) is 3. The first-order chi connectivity index (χ1) is 7.16. The van der Waals surface area contributed by atoms with Gasteiger partial charge in [0.15, 0.2) is 0 Å². The second-order valence-electron chi connectivity index (χ2n) is 4.48. The SMILES string of the molecule is CC(C)CCCCCC(O)COCCO. The van der Waals surface area contributed by atoms with Crippen LogP contribution in [0.4, 0.5) is 0 Å². The zero-order valence-electron chi connectivity index (χ0n) is 10.1. The van der Waals surface area contributed by atoms with Gasteiger partial charge < -0.3 is 14.9 Å². The fourth-order valence-corrected chi connectivity index (χ4v) is 1.48. The molecular formula is C12H26O3. The Morgan fingerprint density at radius 1 is 1.07 bits per heavy atom. The zero-order valence-corrected chi connectivity index (χ0v) is 10.1. The van der Waals surface area contributed by atoms with Gasteiger partial charge in [-0.05, 0) is 12.3 Å². The number of aliphatic hydroxyl groups is 2. The highest BCUT2D eigenvalue weighted by molar-refractivity contribution is 4.55. The first-order valence-corrected chi connectivity index (χ1v) is 6.03. The molecule has 0 rings (SSSR count). The molecule has 0 aromatic heterocycles. The van der Waals surface area contributed by atoms with Gasteiger partial charge in [-0.1, -0.05) is 39.5 Å². The zero-order chi connectivity index (χ0) is 11.5. The van der Waals surface area contributed by atoms with Gasteiger partial charge in [0.25, 0.3) is 0 Å². The molecule has 1 atom stereocenters. The van der Waals surface area contributed by atoms with Gasteiger partial charge in [-0.25, -0.2) is 0 Å². The lowest BCUT2D eigenvalue weighted by atomic mass is 10.0. The summed E-state index contributed by atoms with van der Waals surface area (Å²) in [6, 6.07) is 0. The summed E-state index contributed by atoms with van der Waals surface area (Å²) in [7, 11) is 0. The normalized spacial score (nSPS) is 13.4. The van der Waals surface area contributed by atoms with E-state index in [1.165, 1.54) is 19.3 Å². The molecule has 0 fully saturated rings. The Bertz CT molecular complexity index is 126. The van der Waals surface area contributed by atoms with Crippen molar-refractivity contribution >= 4 is 0 Å². The van der Waals surface area contributed by atoms with Gasteiger partial charge in [0.1, 0.15) is 0 Å². The van der Waals surface area contributed by atoms with Crippen molar-refractivity contribution in [1.29, 1.82) is 0 Å². The van der Waals surface area contributed by atoms with Crippen LogP contribution in [0.5, 0.6) is 0 Å². The highest BCUT2D eigenvalue weighted by Gasteiger charge is 2.03. The number of hydrogen-bond donors (Lipinski definition) is 2. The Labute approximate surface area is 93.5 Å². The van der Waals surface area contributed by atoms with E-state index in [4.69, 9.17) is 9.84 Å². The van der Waals surface area contributed by atoms with Crippen molar-refractivity contribution in [1.82, 2.24) is 0 Å². The predicted octanol–water partition coefficient (Wildman–Crippen LogP) is 1.96. The smallest absolute Gasteiger partial charge is 0.0773 e. The lowest BCUT2D eigenvalue weighted by Crippen LogP contribution is -2.16. The molecule has 0 radical (unpaired) electrons. The molecule has 15 heavy (non-hydrogen) atoms. The van der Waals surface area contributed by atoms with Crippen molar-refractivity contribution in [3.63, 3.8) is 0 Å². The van der Waals surface area contributed by atoms with E-state index in [1.807, 2.05) is 0 Å². The van der Waals surface area contributed by atoms with Gasteiger partial charge in [0, 0.05) is 0 Å². The van der Waals surface area contributed by atoms with Crippen LogP contribution in [-0.2, 0) is 4.74 Å². The second kappa shape index (κ2) is 10.4. The molecule has 0 aliphatic rings. The molecule has 0 aromatic rings. The van der Waals surface area contributed by atoms with E-state index in [1.54, 1.807) is 0 Å². The van der Waals surface area contributed by atoms with Crippen molar-refractivity contribution in [2.75, 3.05) is 19.8 Å². The van der Waals surface area contributed by atoms with Gasteiger partial charge in [-0.3, -0.25) is 0 Å². The molecule has 0 aromatic carbocycles. The highest BCUT2D eigenvalue weighted by atomic mass is 16.5. The van der Waals surface area contributed by atoms with Crippen LogP contribution in [-0.4, -0.2) is 36.1 Å². The number of unbranched alkanes of at least 4 members (excludes halogenated alkanes) is 2. The van der Waals surface area contributed by atoms with Crippen molar-refractivity contribution in [2.24, 2.45) is 5.92 Å². The molecule has 0 heterocycles. The summed E-state index contributed by atoms with van der Waals surface area (Å²) in [6.45, 7) is 5.17. The van der Waals surface area contributed by atoms with Crippen molar-refractivity contribution in [3.05, 3.63) is 0 Å². The van der Waals surface area contributed by atoms with E-state index in [9.17, 15) is 5.11 Å². The van der Waals surface area contributed by atoms with Crippen molar-refractivity contribution < 1.29 is 14.9 Å². The van der Waals surface area contributed by atoms with Crippen LogP contribution in [0.2, 0.25) is 0 Å². The van der Waals surface area contributed by atoms with E-state index in [0.717, 1.165) is 18.8 Å². The maximum absolute atomic E-state index is 9.48. The molecule has 0 spiro atoms. The topological polar surface area (TPSA) is 49.7 Å². The summed E-state index contributed by atoms with van der Waals surface area (Å²) in [4.78, 5) is 0. The third kappa shape index (κ3) is 11.8. The van der Waals surface area contributed by atoms with Crippen LogP contribution in [0.3, 0.4) is 0 Å². The fraction of sp³-hybridized carbons (Fsp3) is 1.00. The monoisotopic (exact) mass is 218 g/mol. The molecule has 0 bridgehead atoms. The molecule has 0 amide bonds. The standard InChI is InChI=1S/C12H26O3/c1-11(2)6-4-3-5-7-12(14)10-15-9-8-13/h11-14H,3-10H2,1-2H3. The minimum atomic E-state index is -0.365. The van der Waals surface area contributed by atoms with E-state index in [2.05, 4.69) is 13.8 Å². The first-order valence-electron chi connectivity index (χ1n) is 6.03. The Hall–Kier alpha value is -0.120. The molecule has 92 valence electrons. The van der Waals surface area contributed by atoms with Gasteiger partial charge >= 0.3 is 0 Å². The molecule has 3 heteroatoms. The van der Waals surface area contributed by atoms with Gasteiger partial charge in [-0.2, -0.15) is 0 Å². The lowest BCUT2D eigenvalue weighted by molar-refractivity contribution is 0.0170. The molecule has 3 nitrogen and oxygen atoms in total. The Kier molecular flexibility index (Phi) is 10.3. The average molecular weight is 218 g/mol. The number of aliphatic hydroxyl groups excluding tert-OH is 2. The summed E-state index contributed by atoms with van der Waals surface area (Å²) in [5.74, 6) is 0.780. The fourth-order valence-electron chi connectivity index (χ4n) is 1.48. The molecule has 0 saturated carbocycles. The molecule has 1 unspecified atom stereocenters. The van der Waals surface area contributed by atoms with E-state index in [-0.39, 0.29) is 12.7 Å². The van der Waals surface area contributed by atoms with E-state index >= 15 is 0 Å². The molecule has 2 N–H and O–H groups in total. The minimum Gasteiger partial charge on any atom is -0.394 e. The number of rotatable bonds is 10. The first kappa shape index (κ1) is 14.9. The quantitative estimate of drug-likeness (QED) is 0.551. The maximum atomic E-state index is 9.48. The number of ether oxygens (including phenoxy) is 1.